The monoisotopic (exact) mass is 413 g/mol. The van der Waals surface area contributed by atoms with Crippen molar-refractivity contribution in [3.8, 4) is 0 Å². The largest absolute Gasteiger partial charge is 0.356 e. The van der Waals surface area contributed by atoms with Gasteiger partial charge in [-0.1, -0.05) is 49.6 Å². The predicted molar refractivity (Wildman–Crippen MR) is 119 cm³/mol. The second kappa shape index (κ2) is 10.5. The van der Waals surface area contributed by atoms with Gasteiger partial charge in [0.15, 0.2) is 5.96 Å². The molecule has 0 bridgehead atoms. The van der Waals surface area contributed by atoms with Gasteiger partial charge < -0.3 is 20.4 Å². The fraction of sp³-hybridized carbons (Fsp3) is 0.609. The van der Waals surface area contributed by atoms with Crippen molar-refractivity contribution in [1.29, 1.82) is 0 Å². The number of likely N-dealkylation sites (tertiary alicyclic amines) is 1. The molecule has 2 fully saturated rings. The van der Waals surface area contributed by atoms with Crippen molar-refractivity contribution in [2.45, 2.75) is 50.6 Å². The van der Waals surface area contributed by atoms with Crippen LogP contribution in [0.1, 0.15) is 50.1 Å². The number of guanidine groups is 1. The summed E-state index contributed by atoms with van der Waals surface area (Å²) in [5.41, 5.74) is 1.15. The van der Waals surface area contributed by atoms with Crippen LogP contribution >= 0.6 is 0 Å². The summed E-state index contributed by atoms with van der Waals surface area (Å²) >= 11 is 0. The zero-order valence-corrected chi connectivity index (χ0v) is 18.4. The highest BCUT2D eigenvalue weighted by Gasteiger charge is 2.38. The summed E-state index contributed by atoms with van der Waals surface area (Å²) in [5, 5.41) is 6.95. The first-order valence-electron chi connectivity index (χ1n) is 11.0. The predicted octanol–water partition coefficient (Wildman–Crippen LogP) is 2.16. The number of carbonyl (C=O) groups is 2. The van der Waals surface area contributed by atoms with Gasteiger partial charge in [0.1, 0.15) is 6.54 Å². The Hall–Kier alpha value is -2.57. The fourth-order valence-corrected chi connectivity index (χ4v) is 4.39. The summed E-state index contributed by atoms with van der Waals surface area (Å²) in [6.07, 6.45) is 6.49. The molecule has 0 spiro atoms. The van der Waals surface area contributed by atoms with Crippen LogP contribution in [-0.4, -0.2) is 67.8 Å². The number of hydrogen-bond donors (Lipinski definition) is 2. The summed E-state index contributed by atoms with van der Waals surface area (Å²) in [4.78, 5) is 32.4. The summed E-state index contributed by atoms with van der Waals surface area (Å²) in [6, 6.07) is 10.6. The van der Waals surface area contributed by atoms with Crippen LogP contribution < -0.4 is 10.6 Å². The minimum Gasteiger partial charge on any atom is -0.356 e. The standard InChI is InChI=1S/C23H35N5O2/c1-27(2)21(30)16-25-23(26-19-12-8-5-9-13-19)24-15-18-14-20(29)28(3)22(18)17-10-6-4-7-11-17/h4,6-7,10-11,18-19,22H,5,8-9,12-16H2,1-3H3,(H2,24,25,26). The third-order valence-electron chi connectivity index (χ3n) is 6.18. The first kappa shape index (κ1) is 22.1. The van der Waals surface area contributed by atoms with Crippen molar-refractivity contribution in [2.24, 2.45) is 10.9 Å². The van der Waals surface area contributed by atoms with Gasteiger partial charge in [-0.05, 0) is 18.4 Å². The summed E-state index contributed by atoms with van der Waals surface area (Å²) < 4.78 is 0. The van der Waals surface area contributed by atoms with Gasteiger partial charge in [0.25, 0.3) is 0 Å². The molecule has 2 amide bonds. The first-order chi connectivity index (χ1) is 14.5. The second-order valence-electron chi connectivity index (χ2n) is 8.64. The SMILES string of the molecule is CN(C)C(=O)CN=C(NCC1CC(=O)N(C)C1c1ccccc1)NC1CCCCC1. The van der Waals surface area contributed by atoms with Crippen LogP contribution in [0.25, 0.3) is 0 Å². The Bertz CT molecular complexity index is 743. The van der Waals surface area contributed by atoms with Crippen molar-refractivity contribution >= 4 is 17.8 Å². The molecule has 164 valence electrons. The molecule has 2 aliphatic rings. The molecule has 1 aromatic rings. The van der Waals surface area contributed by atoms with Gasteiger partial charge >= 0.3 is 0 Å². The molecule has 0 aromatic heterocycles. The highest BCUT2D eigenvalue weighted by molar-refractivity contribution is 5.85. The number of rotatable bonds is 6. The highest BCUT2D eigenvalue weighted by atomic mass is 16.2. The van der Waals surface area contributed by atoms with Crippen molar-refractivity contribution in [2.75, 3.05) is 34.2 Å². The van der Waals surface area contributed by atoms with Crippen LogP contribution in [0.3, 0.4) is 0 Å². The normalized spacial score (nSPS) is 22.8. The van der Waals surface area contributed by atoms with E-state index in [4.69, 9.17) is 0 Å². The molecule has 30 heavy (non-hydrogen) atoms. The average Bonchev–Trinajstić information content (AvgIpc) is 3.04. The number of likely N-dealkylation sites (N-methyl/N-ethyl adjacent to an activating group) is 1. The van der Waals surface area contributed by atoms with E-state index in [0.29, 0.717) is 25.0 Å². The van der Waals surface area contributed by atoms with E-state index in [9.17, 15) is 9.59 Å². The molecule has 7 heteroatoms. The molecular formula is C23H35N5O2. The maximum Gasteiger partial charge on any atom is 0.243 e. The molecular weight excluding hydrogens is 378 g/mol. The molecule has 2 N–H and O–H groups in total. The maximum absolute atomic E-state index is 12.4. The van der Waals surface area contributed by atoms with Crippen LogP contribution in [0.5, 0.6) is 0 Å². The number of nitrogens with zero attached hydrogens (tertiary/aromatic N) is 3. The smallest absolute Gasteiger partial charge is 0.243 e. The Morgan fingerprint density at radius 1 is 1.17 bits per heavy atom. The van der Waals surface area contributed by atoms with Crippen LogP contribution in [0.15, 0.2) is 35.3 Å². The molecule has 1 aromatic carbocycles. The second-order valence-corrected chi connectivity index (χ2v) is 8.64. The zero-order valence-electron chi connectivity index (χ0n) is 18.4. The van der Waals surface area contributed by atoms with Crippen LogP contribution in [0.4, 0.5) is 0 Å². The third-order valence-corrected chi connectivity index (χ3v) is 6.18. The lowest BCUT2D eigenvalue weighted by molar-refractivity contribution is -0.128. The molecule has 2 atom stereocenters. The van der Waals surface area contributed by atoms with E-state index >= 15 is 0 Å². The Morgan fingerprint density at radius 3 is 2.53 bits per heavy atom. The van der Waals surface area contributed by atoms with E-state index in [1.54, 1.807) is 19.0 Å². The summed E-state index contributed by atoms with van der Waals surface area (Å²) in [6.45, 7) is 0.741. The topological polar surface area (TPSA) is 77.0 Å². The van der Waals surface area contributed by atoms with Gasteiger partial charge in [0, 0.05) is 46.1 Å². The Balaban J connectivity index is 1.68. The van der Waals surface area contributed by atoms with E-state index < -0.39 is 0 Å². The van der Waals surface area contributed by atoms with E-state index in [1.807, 2.05) is 30.1 Å². The molecule has 0 radical (unpaired) electrons. The molecule has 1 saturated heterocycles. The first-order valence-corrected chi connectivity index (χ1v) is 11.0. The minimum absolute atomic E-state index is 0.0299. The van der Waals surface area contributed by atoms with E-state index in [-0.39, 0.29) is 30.3 Å². The van der Waals surface area contributed by atoms with Gasteiger partial charge in [-0.15, -0.1) is 0 Å². The lowest BCUT2D eigenvalue weighted by atomic mass is 9.93. The molecule has 1 heterocycles. The lowest BCUT2D eigenvalue weighted by Crippen LogP contribution is -2.46. The molecule has 1 aliphatic heterocycles. The van der Waals surface area contributed by atoms with Crippen molar-refractivity contribution in [3.05, 3.63) is 35.9 Å². The number of benzene rings is 1. The van der Waals surface area contributed by atoms with E-state index in [1.165, 1.54) is 19.3 Å². The van der Waals surface area contributed by atoms with Crippen molar-refractivity contribution in [3.63, 3.8) is 0 Å². The van der Waals surface area contributed by atoms with Crippen LogP contribution in [-0.2, 0) is 9.59 Å². The quantitative estimate of drug-likeness (QED) is 0.554. The van der Waals surface area contributed by atoms with Gasteiger partial charge in [0.05, 0.1) is 6.04 Å². The fourth-order valence-electron chi connectivity index (χ4n) is 4.39. The van der Waals surface area contributed by atoms with Crippen molar-refractivity contribution in [1.82, 2.24) is 20.4 Å². The molecule has 2 unspecified atom stereocenters. The Morgan fingerprint density at radius 2 is 1.87 bits per heavy atom. The molecule has 3 rings (SSSR count). The third kappa shape index (κ3) is 5.74. The van der Waals surface area contributed by atoms with Gasteiger partial charge in [-0.2, -0.15) is 0 Å². The van der Waals surface area contributed by atoms with Gasteiger partial charge in [0.2, 0.25) is 11.8 Å². The average molecular weight is 414 g/mol. The number of carbonyl (C=O) groups excluding carboxylic acids is 2. The number of nitrogens with one attached hydrogen (secondary N) is 2. The Labute approximate surface area is 179 Å². The van der Waals surface area contributed by atoms with E-state index in [0.717, 1.165) is 18.4 Å². The van der Waals surface area contributed by atoms with E-state index in [2.05, 4.69) is 27.8 Å². The summed E-state index contributed by atoms with van der Waals surface area (Å²) in [5.74, 6) is 0.952. The number of hydrogen-bond acceptors (Lipinski definition) is 3. The van der Waals surface area contributed by atoms with Crippen LogP contribution in [0.2, 0.25) is 0 Å². The molecule has 1 saturated carbocycles. The summed E-state index contributed by atoms with van der Waals surface area (Å²) in [7, 11) is 5.36. The highest BCUT2D eigenvalue weighted by Crippen LogP contribution is 2.36. The Kier molecular flexibility index (Phi) is 7.71. The number of amides is 2. The minimum atomic E-state index is -0.0299. The lowest BCUT2D eigenvalue weighted by Gasteiger charge is -2.28. The van der Waals surface area contributed by atoms with Crippen LogP contribution in [0, 0.1) is 5.92 Å². The maximum atomic E-state index is 12.4. The molecule has 1 aliphatic carbocycles. The van der Waals surface area contributed by atoms with Gasteiger partial charge in [-0.25, -0.2) is 4.99 Å². The molecule has 7 nitrogen and oxygen atoms in total. The zero-order chi connectivity index (χ0) is 21.5. The number of aliphatic imine (C=N–C) groups is 1. The van der Waals surface area contributed by atoms with Crippen molar-refractivity contribution < 1.29 is 9.59 Å². The van der Waals surface area contributed by atoms with Gasteiger partial charge in [-0.3, -0.25) is 9.59 Å².